The molecule has 0 saturated heterocycles. The lowest BCUT2D eigenvalue weighted by Crippen LogP contribution is -2.36. The van der Waals surface area contributed by atoms with E-state index in [-0.39, 0.29) is 11.5 Å². The molecule has 0 fully saturated rings. The number of aliphatic hydroxyl groups is 1. The number of amides is 2. The van der Waals surface area contributed by atoms with E-state index in [1.54, 1.807) is 38.1 Å². The van der Waals surface area contributed by atoms with Crippen molar-refractivity contribution < 1.29 is 28.2 Å². The highest BCUT2D eigenvalue weighted by Gasteiger charge is 2.40. The molecule has 2 N–H and O–H groups in total. The number of rotatable bonds is 7. The topological polar surface area (TPSA) is 91.2 Å². The van der Waals surface area contributed by atoms with Gasteiger partial charge in [-0.15, -0.1) is 0 Å². The van der Waals surface area contributed by atoms with Crippen LogP contribution in [0, 0.1) is 5.92 Å². The molecule has 180 valence electrons. The Balaban J connectivity index is 1.49. The summed E-state index contributed by atoms with van der Waals surface area (Å²) in [5, 5.41) is 19.1. The summed E-state index contributed by atoms with van der Waals surface area (Å²) in [7, 11) is 0. The molecule has 2 atom stereocenters. The highest BCUT2D eigenvalue weighted by Crippen LogP contribution is 2.31. The third-order valence-corrected chi connectivity index (χ3v) is 5.73. The molecule has 0 saturated carbocycles. The summed E-state index contributed by atoms with van der Waals surface area (Å²) < 4.78 is 29.0. The van der Waals surface area contributed by atoms with E-state index >= 15 is 0 Å². The van der Waals surface area contributed by atoms with Crippen molar-refractivity contribution in [2.24, 2.45) is 11.0 Å². The molecule has 3 aromatic rings. The Labute approximate surface area is 200 Å². The highest BCUT2D eigenvalue weighted by molar-refractivity contribution is 6.28. The molecule has 0 bridgehead atoms. The predicted molar refractivity (Wildman–Crippen MR) is 127 cm³/mol. The van der Waals surface area contributed by atoms with E-state index in [1.807, 2.05) is 30.3 Å². The van der Waals surface area contributed by atoms with Crippen molar-refractivity contribution >= 4 is 28.9 Å². The summed E-state index contributed by atoms with van der Waals surface area (Å²) in [5.41, 5.74) is 0.978. The van der Waals surface area contributed by atoms with Gasteiger partial charge in [-0.05, 0) is 61.4 Å². The van der Waals surface area contributed by atoms with Crippen LogP contribution in [0.2, 0.25) is 0 Å². The Morgan fingerprint density at radius 3 is 2.37 bits per heavy atom. The minimum Gasteiger partial charge on any atom is -0.435 e. The van der Waals surface area contributed by atoms with E-state index in [9.17, 15) is 23.5 Å². The number of benzene rings is 3. The number of anilines is 2. The molecular weight excluding hydrogens is 456 g/mol. The molecule has 7 nitrogen and oxygen atoms in total. The van der Waals surface area contributed by atoms with Crippen molar-refractivity contribution in [3.05, 3.63) is 90.0 Å². The van der Waals surface area contributed by atoms with E-state index in [0.29, 0.717) is 22.5 Å². The van der Waals surface area contributed by atoms with Gasteiger partial charge in [0.2, 0.25) is 5.91 Å². The minimum absolute atomic E-state index is 0.0586. The van der Waals surface area contributed by atoms with Gasteiger partial charge in [0.05, 0.1) is 11.4 Å². The van der Waals surface area contributed by atoms with Crippen LogP contribution in [0.25, 0.3) is 0 Å². The Kier molecular flexibility index (Phi) is 6.61. The number of carbonyl (C=O) groups is 2. The Bertz CT molecular complexity index is 1260. The highest BCUT2D eigenvalue weighted by atomic mass is 19.3. The molecular formula is C26H23F2N3O4. The van der Waals surface area contributed by atoms with Crippen molar-refractivity contribution in [2.75, 3.05) is 10.3 Å². The quantitative estimate of drug-likeness (QED) is 0.488. The molecule has 2 amide bonds. The summed E-state index contributed by atoms with van der Waals surface area (Å²) in [6.07, 6.45) is 0. The molecule has 1 aliphatic rings. The van der Waals surface area contributed by atoms with Gasteiger partial charge in [0, 0.05) is 5.69 Å². The van der Waals surface area contributed by atoms with E-state index < -0.39 is 29.9 Å². The molecule has 0 spiro atoms. The normalized spacial score (nSPS) is 17.2. The van der Waals surface area contributed by atoms with E-state index in [1.165, 1.54) is 24.3 Å². The monoisotopic (exact) mass is 479 g/mol. The first-order valence-corrected chi connectivity index (χ1v) is 10.8. The van der Waals surface area contributed by atoms with Crippen molar-refractivity contribution in [3.63, 3.8) is 0 Å². The van der Waals surface area contributed by atoms with Crippen molar-refractivity contribution in [1.82, 2.24) is 0 Å². The summed E-state index contributed by atoms with van der Waals surface area (Å²) in [6, 6.07) is 21.3. The van der Waals surface area contributed by atoms with Crippen LogP contribution in [-0.4, -0.2) is 29.2 Å². The summed E-state index contributed by atoms with van der Waals surface area (Å²) in [5.74, 6) is -2.37. The second-order valence-electron chi connectivity index (χ2n) is 8.21. The fraction of sp³-hybridized carbons (Fsp3) is 0.192. The van der Waals surface area contributed by atoms with Gasteiger partial charge in [-0.2, -0.15) is 18.9 Å². The molecule has 0 aliphatic carbocycles. The molecule has 0 radical (unpaired) electrons. The van der Waals surface area contributed by atoms with Crippen LogP contribution in [0.4, 0.5) is 20.2 Å². The van der Waals surface area contributed by atoms with Gasteiger partial charge in [0.15, 0.2) is 5.92 Å². The third-order valence-electron chi connectivity index (χ3n) is 5.73. The maximum absolute atomic E-state index is 13.0. The van der Waals surface area contributed by atoms with Crippen LogP contribution in [0.1, 0.15) is 25.0 Å². The van der Waals surface area contributed by atoms with E-state index in [4.69, 9.17) is 0 Å². The van der Waals surface area contributed by atoms with Crippen LogP contribution in [0.15, 0.2) is 84.0 Å². The molecule has 0 aromatic heterocycles. The van der Waals surface area contributed by atoms with Gasteiger partial charge in [-0.3, -0.25) is 9.59 Å². The predicted octanol–water partition coefficient (Wildman–Crippen LogP) is 4.52. The largest absolute Gasteiger partial charge is 0.435 e. The van der Waals surface area contributed by atoms with Gasteiger partial charge in [-0.1, -0.05) is 42.5 Å². The number of halogens is 2. The summed E-state index contributed by atoms with van der Waals surface area (Å²) in [4.78, 5) is 26.0. The first-order chi connectivity index (χ1) is 16.7. The number of alkyl halides is 2. The van der Waals surface area contributed by atoms with Crippen molar-refractivity contribution in [2.45, 2.75) is 26.1 Å². The minimum atomic E-state index is -2.96. The Morgan fingerprint density at radius 2 is 1.71 bits per heavy atom. The van der Waals surface area contributed by atoms with Gasteiger partial charge >= 0.3 is 6.61 Å². The van der Waals surface area contributed by atoms with E-state index in [2.05, 4.69) is 15.2 Å². The SMILES string of the molecule is CC1=NN(c2ccc(OC(F)F)cc2)C(=O)C1C(=O)Nc1cccc(C(C)(O)c2ccccc2)c1. The average molecular weight is 479 g/mol. The Hall–Kier alpha value is -4.11. The lowest BCUT2D eigenvalue weighted by molar-refractivity contribution is -0.127. The molecule has 35 heavy (non-hydrogen) atoms. The first-order valence-electron chi connectivity index (χ1n) is 10.8. The number of hydrogen-bond acceptors (Lipinski definition) is 5. The van der Waals surface area contributed by atoms with E-state index in [0.717, 1.165) is 5.01 Å². The van der Waals surface area contributed by atoms with Crippen LogP contribution in [-0.2, 0) is 15.2 Å². The first kappa shape index (κ1) is 24.0. The molecule has 2 unspecified atom stereocenters. The van der Waals surface area contributed by atoms with Crippen LogP contribution in [0.3, 0.4) is 0 Å². The summed E-state index contributed by atoms with van der Waals surface area (Å²) >= 11 is 0. The second-order valence-corrected chi connectivity index (χ2v) is 8.21. The van der Waals surface area contributed by atoms with Crippen molar-refractivity contribution in [3.8, 4) is 5.75 Å². The average Bonchev–Trinajstić information content (AvgIpc) is 3.13. The number of hydrazone groups is 1. The maximum atomic E-state index is 13.0. The molecule has 4 rings (SSSR count). The number of ether oxygens (including phenoxy) is 1. The number of hydrogen-bond donors (Lipinski definition) is 2. The molecule has 1 aliphatic heterocycles. The lowest BCUT2D eigenvalue weighted by atomic mass is 9.88. The molecule has 9 heteroatoms. The van der Waals surface area contributed by atoms with Gasteiger partial charge in [0.1, 0.15) is 11.4 Å². The van der Waals surface area contributed by atoms with Gasteiger partial charge in [-0.25, -0.2) is 0 Å². The Morgan fingerprint density at radius 1 is 1.06 bits per heavy atom. The lowest BCUT2D eigenvalue weighted by Gasteiger charge is -2.25. The van der Waals surface area contributed by atoms with Crippen molar-refractivity contribution in [1.29, 1.82) is 0 Å². The second kappa shape index (κ2) is 9.63. The zero-order valence-electron chi connectivity index (χ0n) is 19.0. The van der Waals surface area contributed by atoms with Crippen LogP contribution < -0.4 is 15.1 Å². The van der Waals surface area contributed by atoms with Crippen LogP contribution in [0.5, 0.6) is 5.75 Å². The number of nitrogens with one attached hydrogen (secondary N) is 1. The fourth-order valence-electron chi connectivity index (χ4n) is 3.86. The maximum Gasteiger partial charge on any atom is 0.387 e. The van der Waals surface area contributed by atoms with Crippen LogP contribution >= 0.6 is 0 Å². The molecule has 1 heterocycles. The molecule has 3 aromatic carbocycles. The third kappa shape index (κ3) is 5.04. The zero-order valence-corrected chi connectivity index (χ0v) is 19.0. The zero-order chi connectivity index (χ0) is 25.2. The fourth-order valence-corrected chi connectivity index (χ4v) is 3.86. The van der Waals surface area contributed by atoms with Gasteiger partial charge in [0.25, 0.3) is 5.91 Å². The standard InChI is InChI=1S/C26H23F2N3O4/c1-16-22(24(33)31(30-16)20-11-13-21(14-12-20)35-25(27)28)23(32)29-19-10-6-9-18(15-19)26(2,34)17-7-4-3-5-8-17/h3-15,22,25,34H,1-2H3,(H,29,32). The smallest absolute Gasteiger partial charge is 0.387 e. The summed E-state index contributed by atoms with van der Waals surface area (Å²) in [6.45, 7) is 0.265. The number of nitrogens with zero attached hydrogens (tertiary/aromatic N) is 2. The van der Waals surface area contributed by atoms with Gasteiger partial charge < -0.3 is 15.2 Å². The number of carbonyl (C=O) groups excluding carboxylic acids is 2.